The van der Waals surface area contributed by atoms with Gasteiger partial charge < -0.3 is 9.64 Å². The highest BCUT2D eigenvalue weighted by molar-refractivity contribution is 4.87. The van der Waals surface area contributed by atoms with Gasteiger partial charge in [0.05, 0.1) is 6.10 Å². The molecule has 3 aliphatic rings. The minimum absolute atomic E-state index is 0.311. The van der Waals surface area contributed by atoms with Gasteiger partial charge in [-0.2, -0.15) is 0 Å². The lowest BCUT2D eigenvalue weighted by Crippen LogP contribution is -2.63. The molecule has 5 heteroatoms. The molecule has 3 rings (SSSR count). The number of methoxy groups -OCH3 is 1. The fourth-order valence-corrected chi connectivity index (χ4v) is 5.93. The highest BCUT2D eigenvalue weighted by Gasteiger charge is 2.31. The highest BCUT2D eigenvalue weighted by atomic mass is 16.5. The lowest BCUT2D eigenvalue weighted by Gasteiger charge is -2.40. The second-order valence-electron chi connectivity index (χ2n) is 9.84. The van der Waals surface area contributed by atoms with Crippen molar-refractivity contribution in [1.29, 1.82) is 0 Å². The molecule has 0 aromatic rings. The van der Waals surface area contributed by atoms with Crippen molar-refractivity contribution < 1.29 is 4.74 Å². The van der Waals surface area contributed by atoms with Crippen LogP contribution in [0.3, 0.4) is 0 Å². The van der Waals surface area contributed by atoms with Crippen molar-refractivity contribution in [2.24, 2.45) is 17.8 Å². The van der Waals surface area contributed by atoms with Crippen LogP contribution >= 0.6 is 0 Å². The fraction of sp³-hybridized carbons (Fsp3) is 1.00. The Labute approximate surface area is 180 Å². The van der Waals surface area contributed by atoms with Crippen LogP contribution in [0.5, 0.6) is 0 Å². The number of nitrogens with one attached hydrogen (secondary N) is 3. The van der Waals surface area contributed by atoms with E-state index in [0.29, 0.717) is 18.4 Å². The average molecular weight is 409 g/mol. The van der Waals surface area contributed by atoms with E-state index in [4.69, 9.17) is 4.74 Å². The Morgan fingerprint density at radius 2 is 1.52 bits per heavy atom. The molecule has 0 unspecified atom stereocenters. The average Bonchev–Trinajstić information content (AvgIpc) is 2.78. The summed E-state index contributed by atoms with van der Waals surface area (Å²) in [4.78, 5) is 2.56. The van der Waals surface area contributed by atoms with Crippen molar-refractivity contribution in [2.45, 2.75) is 96.5 Å². The Morgan fingerprint density at radius 3 is 2.10 bits per heavy atom. The first-order chi connectivity index (χ1) is 14.2. The standard InChI is InChI=1S/C24H48N4O/c1-4-28(5-2)16-6-7-19-8-12-22(13-9-19)27-24-25-17-21(18-26-24)20-10-14-23(29-3)15-11-20/h19-27H,4-18H2,1-3H3. The van der Waals surface area contributed by atoms with E-state index < -0.39 is 0 Å². The molecule has 29 heavy (non-hydrogen) atoms. The molecule has 1 heterocycles. The second-order valence-corrected chi connectivity index (χ2v) is 9.84. The van der Waals surface area contributed by atoms with E-state index >= 15 is 0 Å². The molecular formula is C24H48N4O. The van der Waals surface area contributed by atoms with Crippen molar-refractivity contribution in [3.05, 3.63) is 0 Å². The summed E-state index contributed by atoms with van der Waals surface area (Å²) >= 11 is 0. The summed E-state index contributed by atoms with van der Waals surface area (Å²) in [6, 6.07) is 0.688. The van der Waals surface area contributed by atoms with Gasteiger partial charge >= 0.3 is 0 Å². The molecule has 0 bridgehead atoms. The van der Waals surface area contributed by atoms with Crippen LogP contribution in [0.1, 0.15) is 78.1 Å². The Bertz CT molecular complexity index is 421. The van der Waals surface area contributed by atoms with Crippen molar-refractivity contribution in [1.82, 2.24) is 20.9 Å². The zero-order valence-electron chi connectivity index (χ0n) is 19.4. The van der Waals surface area contributed by atoms with Gasteiger partial charge in [0, 0.05) is 26.2 Å². The first-order valence-electron chi connectivity index (χ1n) is 12.7. The Morgan fingerprint density at radius 1 is 0.862 bits per heavy atom. The van der Waals surface area contributed by atoms with Crippen LogP contribution in [0.4, 0.5) is 0 Å². The van der Waals surface area contributed by atoms with Gasteiger partial charge in [-0.1, -0.05) is 13.8 Å². The molecule has 170 valence electrons. The van der Waals surface area contributed by atoms with Gasteiger partial charge in [-0.15, -0.1) is 0 Å². The van der Waals surface area contributed by atoms with Crippen molar-refractivity contribution in [3.8, 4) is 0 Å². The molecule has 0 atom stereocenters. The summed E-state index contributed by atoms with van der Waals surface area (Å²) in [6.07, 6.45) is 14.3. The summed E-state index contributed by atoms with van der Waals surface area (Å²) < 4.78 is 5.53. The van der Waals surface area contributed by atoms with E-state index in [1.807, 2.05) is 7.11 Å². The van der Waals surface area contributed by atoms with Crippen LogP contribution in [0, 0.1) is 17.8 Å². The number of hydrogen-bond acceptors (Lipinski definition) is 5. The van der Waals surface area contributed by atoms with E-state index in [0.717, 1.165) is 30.8 Å². The molecular weight excluding hydrogens is 360 g/mol. The van der Waals surface area contributed by atoms with Crippen molar-refractivity contribution in [2.75, 3.05) is 39.8 Å². The van der Waals surface area contributed by atoms with Gasteiger partial charge in [0.15, 0.2) is 0 Å². The van der Waals surface area contributed by atoms with Gasteiger partial charge in [-0.25, -0.2) is 0 Å². The summed E-state index contributed by atoms with van der Waals surface area (Å²) in [6.45, 7) is 10.6. The van der Waals surface area contributed by atoms with E-state index in [-0.39, 0.29) is 0 Å². The monoisotopic (exact) mass is 408 g/mol. The first kappa shape index (κ1) is 23.5. The predicted octanol–water partition coefficient (Wildman–Crippen LogP) is 3.55. The van der Waals surface area contributed by atoms with Gasteiger partial charge in [0.25, 0.3) is 0 Å². The maximum atomic E-state index is 5.53. The van der Waals surface area contributed by atoms with Crippen molar-refractivity contribution in [3.63, 3.8) is 0 Å². The first-order valence-corrected chi connectivity index (χ1v) is 12.7. The van der Waals surface area contributed by atoms with Gasteiger partial charge in [-0.05, 0) is 102 Å². The summed E-state index contributed by atoms with van der Waals surface area (Å²) in [5.74, 6) is 2.61. The number of rotatable bonds is 10. The fourth-order valence-electron chi connectivity index (χ4n) is 5.93. The molecule has 3 N–H and O–H groups in total. The van der Waals surface area contributed by atoms with Crippen LogP contribution in [0.2, 0.25) is 0 Å². The smallest absolute Gasteiger partial charge is 0.112 e. The van der Waals surface area contributed by atoms with E-state index in [1.54, 1.807) is 0 Å². The molecule has 1 aliphatic heterocycles. The summed E-state index contributed by atoms with van der Waals surface area (Å²) in [5.41, 5.74) is 0. The summed E-state index contributed by atoms with van der Waals surface area (Å²) in [5, 5.41) is 11.4. The zero-order chi connectivity index (χ0) is 20.5. The van der Waals surface area contributed by atoms with Crippen LogP contribution < -0.4 is 16.0 Å². The molecule has 2 saturated carbocycles. The molecule has 0 radical (unpaired) electrons. The number of nitrogens with zero attached hydrogens (tertiary/aromatic N) is 1. The summed E-state index contributed by atoms with van der Waals surface area (Å²) in [7, 11) is 1.87. The minimum Gasteiger partial charge on any atom is -0.381 e. The molecule has 5 nitrogen and oxygen atoms in total. The maximum Gasteiger partial charge on any atom is 0.112 e. The highest BCUT2D eigenvalue weighted by Crippen LogP contribution is 2.32. The van der Waals surface area contributed by atoms with Gasteiger partial charge in [0.2, 0.25) is 0 Å². The molecule has 0 spiro atoms. The predicted molar refractivity (Wildman–Crippen MR) is 122 cm³/mol. The largest absolute Gasteiger partial charge is 0.381 e. The Kier molecular flexibility index (Phi) is 10.2. The van der Waals surface area contributed by atoms with Crippen molar-refractivity contribution >= 4 is 0 Å². The molecule has 0 aromatic carbocycles. The SMILES string of the molecule is CCN(CC)CCCC1CCC(NC2NCC(C3CCC(OC)CC3)CN2)CC1. The third-order valence-electron chi connectivity index (χ3n) is 8.12. The van der Waals surface area contributed by atoms with E-state index in [9.17, 15) is 0 Å². The van der Waals surface area contributed by atoms with Gasteiger partial charge in [0.1, 0.15) is 6.29 Å². The van der Waals surface area contributed by atoms with Gasteiger partial charge in [-0.3, -0.25) is 16.0 Å². The third-order valence-corrected chi connectivity index (χ3v) is 8.12. The second kappa shape index (κ2) is 12.6. The lowest BCUT2D eigenvalue weighted by atomic mass is 9.78. The minimum atomic E-state index is 0.311. The topological polar surface area (TPSA) is 48.6 Å². The van der Waals surface area contributed by atoms with E-state index in [2.05, 4.69) is 34.7 Å². The van der Waals surface area contributed by atoms with Crippen LogP contribution in [-0.2, 0) is 4.74 Å². The lowest BCUT2D eigenvalue weighted by molar-refractivity contribution is 0.0414. The molecule has 1 saturated heterocycles. The molecule has 2 aliphatic carbocycles. The number of ether oxygens (including phenoxy) is 1. The Hall–Kier alpha value is -0.200. The quantitative estimate of drug-likeness (QED) is 0.516. The maximum absolute atomic E-state index is 5.53. The normalized spacial score (nSPS) is 36.4. The number of hydrogen-bond donors (Lipinski definition) is 3. The van der Waals surface area contributed by atoms with Crippen LogP contribution in [0.15, 0.2) is 0 Å². The van der Waals surface area contributed by atoms with Crippen LogP contribution in [-0.4, -0.2) is 63.2 Å². The molecule has 0 amide bonds. The molecule has 0 aromatic heterocycles. The van der Waals surface area contributed by atoms with E-state index in [1.165, 1.54) is 83.8 Å². The zero-order valence-corrected chi connectivity index (χ0v) is 19.4. The third kappa shape index (κ3) is 7.46. The Balaban J connectivity index is 1.26. The molecule has 3 fully saturated rings. The van der Waals surface area contributed by atoms with Crippen LogP contribution in [0.25, 0.3) is 0 Å².